The highest BCUT2D eigenvalue weighted by Crippen LogP contribution is 2.38. The molecule has 15 heteroatoms. The van der Waals surface area contributed by atoms with Crippen molar-refractivity contribution in [3.8, 4) is 67.5 Å². The van der Waals surface area contributed by atoms with Gasteiger partial charge in [-0.15, -0.1) is 27.3 Å². The van der Waals surface area contributed by atoms with E-state index >= 15 is 0 Å². The zero-order chi connectivity index (χ0) is 42.1. The van der Waals surface area contributed by atoms with E-state index in [0.29, 0.717) is 22.8 Å². The van der Waals surface area contributed by atoms with E-state index in [1.165, 1.54) is 0 Å². The van der Waals surface area contributed by atoms with Crippen LogP contribution in [0.2, 0.25) is 0 Å². The molecular formula is C45H18B11N3O. The first-order chi connectivity index (χ1) is 28.8. The first-order valence-electron chi connectivity index (χ1n) is 18.6. The lowest BCUT2D eigenvalue weighted by atomic mass is 9.58. The summed E-state index contributed by atoms with van der Waals surface area (Å²) in [7, 11) is 72.3. The van der Waals surface area contributed by atoms with Crippen LogP contribution in [-0.2, 0) is 0 Å². The Morgan fingerprint density at radius 2 is 0.617 bits per heavy atom. The number of furan rings is 1. The average molecular weight is 736 g/mol. The van der Waals surface area contributed by atoms with Gasteiger partial charge in [0.2, 0.25) is 0 Å². The number of aromatic nitrogens is 3. The minimum atomic E-state index is -0.0150. The summed E-state index contributed by atoms with van der Waals surface area (Å²) in [6, 6.07) is 35.8. The van der Waals surface area contributed by atoms with E-state index in [9.17, 15) is 0 Å². The zero-order valence-corrected chi connectivity index (χ0v) is 32.0. The van der Waals surface area contributed by atoms with Gasteiger partial charge in [0.05, 0.1) is 0 Å². The molecule has 9 rings (SSSR count). The van der Waals surface area contributed by atoms with Gasteiger partial charge in [0.1, 0.15) is 97.5 Å². The summed E-state index contributed by atoms with van der Waals surface area (Å²) in [6.45, 7) is 0. The van der Waals surface area contributed by atoms with Gasteiger partial charge in [-0.2, -0.15) is 0 Å². The highest BCUT2D eigenvalue weighted by atomic mass is 16.3. The van der Waals surface area contributed by atoms with Crippen molar-refractivity contribution in [1.29, 1.82) is 0 Å². The molecule has 0 saturated carbocycles. The van der Waals surface area contributed by atoms with E-state index in [0.717, 1.165) is 22.3 Å². The van der Waals surface area contributed by atoms with Gasteiger partial charge in [0.15, 0.2) is 17.5 Å². The Bertz CT molecular complexity index is 3060. The van der Waals surface area contributed by atoms with E-state index < -0.39 is 0 Å². The van der Waals surface area contributed by atoms with Crippen LogP contribution in [0.5, 0.6) is 0 Å². The summed E-state index contributed by atoms with van der Waals surface area (Å²) in [5.41, 5.74) is 6.32. The minimum Gasteiger partial charge on any atom is -0.456 e. The van der Waals surface area contributed by atoms with Crippen molar-refractivity contribution in [2.24, 2.45) is 0 Å². The molecule has 0 aliphatic rings. The molecule has 0 bridgehead atoms. The number of rotatable bonds is 6. The number of fused-ring (bicyclic) bond motifs is 3. The molecule has 252 valence electrons. The molecule has 0 aliphatic heterocycles. The lowest BCUT2D eigenvalue weighted by Crippen LogP contribution is -2.55. The summed E-state index contributed by atoms with van der Waals surface area (Å²) in [4.78, 5) is 15.1. The summed E-state index contributed by atoms with van der Waals surface area (Å²) >= 11 is 0. The van der Waals surface area contributed by atoms with Gasteiger partial charge >= 0.3 is 0 Å². The van der Waals surface area contributed by atoms with Crippen molar-refractivity contribution in [3.05, 3.63) is 109 Å². The van der Waals surface area contributed by atoms with Crippen molar-refractivity contribution in [2.75, 3.05) is 0 Å². The zero-order valence-electron chi connectivity index (χ0n) is 32.0. The van der Waals surface area contributed by atoms with Crippen molar-refractivity contribution < 1.29 is 4.42 Å². The molecule has 2 heterocycles. The molecule has 2 aromatic heterocycles. The maximum atomic E-state index is 7.11. The topological polar surface area (TPSA) is 51.8 Å². The molecule has 0 fully saturated rings. The molecule has 0 unspecified atom stereocenters. The molecule has 0 atom stereocenters. The van der Waals surface area contributed by atoms with E-state index in [1.807, 2.05) is 109 Å². The molecule has 60 heavy (non-hydrogen) atoms. The van der Waals surface area contributed by atoms with Gasteiger partial charge < -0.3 is 4.42 Å². The highest BCUT2D eigenvalue weighted by molar-refractivity contribution is 6.71. The molecule has 0 spiro atoms. The first-order valence-corrected chi connectivity index (χ1v) is 18.6. The number of hydrogen-bond acceptors (Lipinski definition) is 4. The smallest absolute Gasteiger partial charge is 0.164 e. The first kappa shape index (κ1) is 39.5. The van der Waals surface area contributed by atoms with E-state index in [1.54, 1.807) is 0 Å². The van der Waals surface area contributed by atoms with E-state index in [2.05, 4.69) is 0 Å². The van der Waals surface area contributed by atoms with Crippen molar-refractivity contribution in [2.45, 2.75) is 0 Å². The van der Waals surface area contributed by atoms with Gasteiger partial charge in [0.25, 0.3) is 0 Å². The van der Waals surface area contributed by atoms with Crippen LogP contribution in [-0.4, -0.2) is 101 Å². The number of hydrogen-bond donors (Lipinski definition) is 0. The molecule has 0 amide bonds. The fourth-order valence-electron chi connectivity index (χ4n) is 7.60. The number of benzene rings is 7. The summed E-state index contributed by atoms with van der Waals surface area (Å²) in [6.07, 6.45) is 0. The average Bonchev–Trinajstić information content (AvgIpc) is 3.68. The fraction of sp³-hybridized carbons (Fsp3) is 0. The third kappa shape index (κ3) is 6.36. The molecule has 4 nitrogen and oxygen atoms in total. The lowest BCUT2D eigenvalue weighted by molar-refractivity contribution is 0.673. The van der Waals surface area contributed by atoms with Crippen molar-refractivity contribution in [3.63, 3.8) is 0 Å². The van der Waals surface area contributed by atoms with Gasteiger partial charge in [0, 0.05) is 33.0 Å². The van der Waals surface area contributed by atoms with Gasteiger partial charge in [-0.3, -0.25) is 0 Å². The van der Waals surface area contributed by atoms with Crippen LogP contribution < -0.4 is 60.1 Å². The van der Waals surface area contributed by atoms with Crippen LogP contribution in [0, 0.1) is 0 Å². The second-order valence-electron chi connectivity index (χ2n) is 14.4. The standard InChI is InChI=1S/C45H18B11N3O/c46-30-26(31(47)36(52)38(54)35(30)51)28-32(48)34(50)29(25-27-33(49)37(53)39(55)40(56)42(27)60-41(25)28)45-58-43(23-15-11-21(12-16-23)19-7-3-1-4-8-19)57-44(59-45)24-17-13-22(14-18-24)20-9-5-2-6-10-20/h1-18H. The summed E-state index contributed by atoms with van der Waals surface area (Å²) in [5.74, 6) is 0.811. The normalized spacial score (nSPS) is 11.4. The quantitative estimate of drug-likeness (QED) is 0.196. The van der Waals surface area contributed by atoms with Gasteiger partial charge in [-0.1, -0.05) is 142 Å². The monoisotopic (exact) mass is 737 g/mol. The van der Waals surface area contributed by atoms with Crippen molar-refractivity contribution in [1.82, 2.24) is 15.0 Å². The fourth-order valence-corrected chi connectivity index (χ4v) is 7.60. The van der Waals surface area contributed by atoms with Crippen LogP contribution in [0.1, 0.15) is 0 Å². The Labute approximate surface area is 362 Å². The molecule has 0 N–H and O–H groups in total. The Kier molecular flexibility index (Phi) is 10.1. The van der Waals surface area contributed by atoms with Crippen LogP contribution >= 0.6 is 0 Å². The van der Waals surface area contributed by atoms with Crippen molar-refractivity contribution >= 4 is 168 Å². The SMILES string of the molecule is [B]c1c([B])c([B])c(-c2c([B])c([B])c(-c3nc(-c4ccc(-c5ccccc5)cc4)nc(-c4ccc(-c5ccccc5)cc4)n3)c3c2oc2c([B])c([B])c([B])c([B])c23)c([B])c1[B]. The van der Waals surface area contributed by atoms with Crippen LogP contribution in [0.4, 0.5) is 0 Å². The van der Waals surface area contributed by atoms with Crippen LogP contribution in [0.25, 0.3) is 89.5 Å². The number of nitrogens with zero attached hydrogens (tertiary/aromatic N) is 3. The third-order valence-corrected chi connectivity index (χ3v) is 10.9. The Balaban J connectivity index is 1.37. The Morgan fingerprint density at radius 3 is 1.10 bits per heavy atom. The summed E-state index contributed by atoms with van der Waals surface area (Å²) in [5, 5.41) is 0.561. The maximum Gasteiger partial charge on any atom is 0.164 e. The van der Waals surface area contributed by atoms with E-state index in [-0.39, 0.29) is 105 Å². The minimum absolute atomic E-state index is 0.00523. The summed E-state index contributed by atoms with van der Waals surface area (Å²) < 4.78 is 6.57. The van der Waals surface area contributed by atoms with Crippen LogP contribution in [0.3, 0.4) is 0 Å². The highest BCUT2D eigenvalue weighted by Gasteiger charge is 2.28. The Morgan fingerprint density at radius 1 is 0.267 bits per heavy atom. The molecule has 0 saturated heterocycles. The second kappa shape index (κ2) is 15.3. The third-order valence-electron chi connectivity index (χ3n) is 10.9. The molecule has 7 aromatic carbocycles. The van der Waals surface area contributed by atoms with Gasteiger partial charge in [-0.05, 0) is 27.8 Å². The predicted octanol–water partition coefficient (Wildman–Crippen LogP) is -1.50. The van der Waals surface area contributed by atoms with E-state index in [4.69, 9.17) is 106 Å². The maximum absolute atomic E-state index is 7.11. The molecule has 22 radical (unpaired) electrons. The molecule has 9 aromatic rings. The molecule has 0 aliphatic carbocycles. The van der Waals surface area contributed by atoms with Crippen LogP contribution in [0.15, 0.2) is 114 Å². The lowest BCUT2D eigenvalue weighted by Gasteiger charge is -2.24. The second-order valence-corrected chi connectivity index (χ2v) is 14.4. The van der Waals surface area contributed by atoms with Gasteiger partial charge in [-0.25, -0.2) is 15.0 Å². The molecular weight excluding hydrogens is 717 g/mol. The predicted molar refractivity (Wildman–Crippen MR) is 259 cm³/mol. The largest absolute Gasteiger partial charge is 0.456 e. The Hall–Kier alpha value is -5.94.